The zero-order chi connectivity index (χ0) is 29.1. The van der Waals surface area contributed by atoms with E-state index in [-0.39, 0.29) is 0 Å². The van der Waals surface area contributed by atoms with E-state index in [0.29, 0.717) is 72.0 Å². The Morgan fingerprint density at radius 3 is 1.37 bits per heavy atom. The Balaban J connectivity index is 1.66. The molecule has 0 aliphatic rings. The van der Waals surface area contributed by atoms with Gasteiger partial charge < -0.3 is 28.6 Å². The predicted octanol–water partition coefficient (Wildman–Crippen LogP) is 7.01. The molecule has 0 unspecified atom stereocenters. The average molecular weight is 584 g/mol. The van der Waals surface area contributed by atoms with E-state index in [1.165, 1.54) is 0 Å². The maximum Gasteiger partial charge on any atom is 0.330 e. The highest BCUT2D eigenvalue weighted by Crippen LogP contribution is 2.48. The van der Waals surface area contributed by atoms with Crippen molar-refractivity contribution in [2.75, 3.05) is 45.7 Å². The maximum atomic E-state index is 12.9. The van der Waals surface area contributed by atoms with Gasteiger partial charge in [-0.25, -0.2) is 0 Å². The van der Waals surface area contributed by atoms with Crippen molar-refractivity contribution in [2.45, 2.75) is 52.0 Å². The predicted molar refractivity (Wildman–Crippen MR) is 164 cm³/mol. The highest BCUT2D eigenvalue weighted by Gasteiger charge is 2.32. The molecule has 3 aromatic carbocycles. The average Bonchev–Trinajstić information content (AvgIpc) is 2.99. The summed E-state index contributed by atoms with van der Waals surface area (Å²) in [5.41, 5.74) is 2.75. The van der Waals surface area contributed by atoms with E-state index in [4.69, 9.17) is 23.3 Å². The molecule has 0 saturated carbocycles. The molecule has 0 heterocycles. The van der Waals surface area contributed by atoms with Crippen molar-refractivity contribution < 1.29 is 27.8 Å². The molecule has 41 heavy (non-hydrogen) atoms. The van der Waals surface area contributed by atoms with Crippen LogP contribution in [0, 0.1) is 0 Å². The van der Waals surface area contributed by atoms with Crippen molar-refractivity contribution in [2.24, 2.45) is 0 Å². The van der Waals surface area contributed by atoms with E-state index in [2.05, 4.69) is 41.7 Å². The highest BCUT2D eigenvalue weighted by molar-refractivity contribution is 7.53. The Morgan fingerprint density at radius 1 is 0.610 bits per heavy atom. The summed E-state index contributed by atoms with van der Waals surface area (Å²) in [5.74, 6) is 0. The minimum atomic E-state index is -3.06. The third-order valence-electron chi connectivity index (χ3n) is 6.48. The van der Waals surface area contributed by atoms with Crippen LogP contribution >= 0.6 is 7.60 Å². The van der Waals surface area contributed by atoms with Gasteiger partial charge in [0.1, 0.15) is 0 Å². The number of benzene rings is 3. The molecule has 0 saturated heterocycles. The van der Waals surface area contributed by atoms with Crippen molar-refractivity contribution in [3.05, 3.63) is 108 Å². The van der Waals surface area contributed by atoms with Gasteiger partial charge in [-0.15, -0.1) is 0 Å². The third-order valence-corrected chi connectivity index (χ3v) is 8.65. The summed E-state index contributed by atoms with van der Waals surface area (Å²) in [6.45, 7) is 7.78. The van der Waals surface area contributed by atoms with Gasteiger partial charge in [0.2, 0.25) is 0 Å². The summed E-state index contributed by atoms with van der Waals surface area (Å²) in [6, 6.07) is 30.4. The summed E-state index contributed by atoms with van der Waals surface area (Å²) < 4.78 is 42.6. The number of hydrogen-bond acceptors (Lipinski definition) is 7. The molecule has 3 aromatic rings. The number of unbranched alkanes of at least 4 members (excludes halogenated alkanes) is 1. The molecule has 8 heteroatoms. The van der Waals surface area contributed by atoms with Crippen LogP contribution in [0.4, 0.5) is 0 Å². The lowest BCUT2D eigenvalue weighted by Crippen LogP contribution is -2.56. The van der Waals surface area contributed by atoms with Gasteiger partial charge in [0.05, 0.1) is 64.6 Å². The molecule has 0 amide bonds. The highest BCUT2D eigenvalue weighted by atomic mass is 31.2. The van der Waals surface area contributed by atoms with E-state index in [1.807, 2.05) is 68.4 Å². The van der Waals surface area contributed by atoms with Gasteiger partial charge in [0.25, 0.3) is 0 Å². The first-order chi connectivity index (χ1) is 20.1. The van der Waals surface area contributed by atoms with Crippen LogP contribution in [0.1, 0.15) is 43.4 Å². The summed E-state index contributed by atoms with van der Waals surface area (Å²) in [7, 11) is -3.06. The van der Waals surface area contributed by atoms with Gasteiger partial charge in [0, 0.05) is 0 Å². The fraction of sp³-hybridized carbons (Fsp3) is 0.455. The Hall–Kier alpha value is -2.35. The molecule has 0 fully saturated rings. The molecule has 0 aliphatic heterocycles. The van der Waals surface area contributed by atoms with Gasteiger partial charge in [-0.05, 0) is 49.9 Å². The van der Waals surface area contributed by atoms with Crippen molar-refractivity contribution in [1.82, 2.24) is 5.32 Å². The lowest BCUT2D eigenvalue weighted by Gasteiger charge is -2.34. The van der Waals surface area contributed by atoms with E-state index < -0.39 is 13.1 Å². The van der Waals surface area contributed by atoms with E-state index in [0.717, 1.165) is 23.1 Å². The van der Waals surface area contributed by atoms with Crippen LogP contribution in [0.2, 0.25) is 0 Å². The Labute approximate surface area is 246 Å². The lowest BCUT2D eigenvalue weighted by molar-refractivity contribution is -0.0507. The summed E-state index contributed by atoms with van der Waals surface area (Å²) in [4.78, 5) is 0. The Kier molecular flexibility index (Phi) is 15.3. The second-order valence-corrected chi connectivity index (χ2v) is 12.2. The lowest BCUT2D eigenvalue weighted by atomic mass is 10.0. The molecule has 3 rings (SSSR count). The standard InChI is InChI=1S/C33H46NO6P/c1-3-39-41(35,40-4-2)23-15-14-22-34-33(27-36-24-30-16-8-5-9-17-30,28-37-25-31-18-10-6-11-19-31)29-38-26-32-20-12-7-13-21-32/h5-13,16-21,34H,3-4,14-15,22-29H2,1-2H3. The van der Waals surface area contributed by atoms with Crippen LogP contribution in [0.5, 0.6) is 0 Å². The quantitative estimate of drug-likeness (QED) is 0.101. The number of rotatable bonds is 22. The molecule has 0 aromatic heterocycles. The van der Waals surface area contributed by atoms with Crippen LogP contribution in [0.15, 0.2) is 91.0 Å². The van der Waals surface area contributed by atoms with E-state index in [1.54, 1.807) is 0 Å². The number of ether oxygens (including phenoxy) is 3. The normalized spacial score (nSPS) is 12.0. The van der Waals surface area contributed by atoms with Crippen molar-refractivity contribution >= 4 is 7.60 Å². The molecular formula is C33H46NO6P. The zero-order valence-electron chi connectivity index (χ0n) is 24.5. The van der Waals surface area contributed by atoms with Crippen molar-refractivity contribution in [1.29, 1.82) is 0 Å². The summed E-state index contributed by atoms with van der Waals surface area (Å²) in [5, 5.41) is 3.70. The van der Waals surface area contributed by atoms with E-state index in [9.17, 15) is 4.57 Å². The first-order valence-electron chi connectivity index (χ1n) is 14.5. The molecule has 224 valence electrons. The smallest absolute Gasteiger partial charge is 0.330 e. The van der Waals surface area contributed by atoms with Gasteiger partial charge in [0.15, 0.2) is 0 Å². The second-order valence-electron chi connectivity index (χ2n) is 10.0. The fourth-order valence-electron chi connectivity index (χ4n) is 4.44. The van der Waals surface area contributed by atoms with Crippen molar-refractivity contribution in [3.8, 4) is 0 Å². The maximum absolute atomic E-state index is 12.9. The minimum absolute atomic E-state index is 0.370. The Morgan fingerprint density at radius 2 is 1.00 bits per heavy atom. The topological polar surface area (TPSA) is 75.3 Å². The van der Waals surface area contributed by atoms with Gasteiger partial charge in [-0.2, -0.15) is 0 Å². The van der Waals surface area contributed by atoms with Gasteiger partial charge >= 0.3 is 7.60 Å². The molecular weight excluding hydrogens is 537 g/mol. The molecule has 0 spiro atoms. The summed E-state index contributed by atoms with van der Waals surface area (Å²) >= 11 is 0. The largest absolute Gasteiger partial charge is 0.375 e. The van der Waals surface area contributed by atoms with Crippen molar-refractivity contribution in [3.63, 3.8) is 0 Å². The van der Waals surface area contributed by atoms with Crippen LogP contribution in [-0.4, -0.2) is 51.3 Å². The monoisotopic (exact) mass is 583 g/mol. The molecule has 7 nitrogen and oxygen atoms in total. The number of hydrogen-bond donors (Lipinski definition) is 1. The minimum Gasteiger partial charge on any atom is -0.375 e. The van der Waals surface area contributed by atoms with Gasteiger partial charge in [-0.3, -0.25) is 4.57 Å². The van der Waals surface area contributed by atoms with Crippen LogP contribution in [0.3, 0.4) is 0 Å². The number of nitrogens with one attached hydrogen (secondary N) is 1. The molecule has 1 N–H and O–H groups in total. The second kappa shape index (κ2) is 19.0. The molecule has 0 aliphatic carbocycles. The van der Waals surface area contributed by atoms with E-state index >= 15 is 0 Å². The third kappa shape index (κ3) is 13.0. The van der Waals surface area contributed by atoms with Crippen LogP contribution in [-0.2, 0) is 47.6 Å². The first-order valence-corrected chi connectivity index (χ1v) is 16.3. The molecule has 0 radical (unpaired) electrons. The zero-order valence-corrected chi connectivity index (χ0v) is 25.4. The van der Waals surface area contributed by atoms with Gasteiger partial charge in [-0.1, -0.05) is 91.0 Å². The fourth-order valence-corrected chi connectivity index (χ4v) is 6.17. The Bertz CT molecular complexity index is 995. The summed E-state index contributed by atoms with van der Waals surface area (Å²) in [6.07, 6.45) is 1.89. The van der Waals surface area contributed by atoms with Crippen LogP contribution in [0.25, 0.3) is 0 Å². The molecule has 0 bridgehead atoms. The SMILES string of the molecule is CCOP(=O)(CCCCNC(COCc1ccccc1)(COCc1ccccc1)COCc1ccccc1)OCC. The van der Waals surface area contributed by atoms with Crippen LogP contribution < -0.4 is 5.32 Å². The first kappa shape index (κ1) is 33.2. The molecule has 0 atom stereocenters.